The maximum Gasteiger partial charge on any atom is 0.346 e. The summed E-state index contributed by atoms with van der Waals surface area (Å²) in [5.74, 6) is -0.602. The smallest absolute Gasteiger partial charge is 0.346 e. The third kappa shape index (κ3) is 3.74. The number of anilines is 1. The number of carbonyl (C=O) groups is 2. The van der Waals surface area contributed by atoms with Gasteiger partial charge >= 0.3 is 5.97 Å². The molecule has 4 rings (SSSR count). The van der Waals surface area contributed by atoms with Crippen LogP contribution >= 0.6 is 11.3 Å². The Kier molecular flexibility index (Phi) is 5.42. The molecule has 2 heterocycles. The fourth-order valence-electron chi connectivity index (χ4n) is 3.65. The van der Waals surface area contributed by atoms with Crippen molar-refractivity contribution in [3.63, 3.8) is 0 Å². The number of aryl methyl sites for hydroxylation is 1. The van der Waals surface area contributed by atoms with Crippen LogP contribution in [0.5, 0.6) is 5.75 Å². The molecular weight excluding hydrogens is 398 g/mol. The lowest BCUT2D eigenvalue weighted by atomic mass is 9.88. The normalized spacial score (nSPS) is 15.2. The van der Waals surface area contributed by atoms with E-state index in [-0.39, 0.29) is 23.1 Å². The summed E-state index contributed by atoms with van der Waals surface area (Å²) in [5, 5.41) is 12.8. The SMILES string of the molecule is C=CCOc1ccc([C@@H]2CC(=O)Nc3c2sc(C(=O)O)c3-c2ccc(C)cc2)cc1. The molecule has 0 saturated heterocycles. The lowest BCUT2D eigenvalue weighted by Crippen LogP contribution is -2.22. The van der Waals surface area contributed by atoms with Crippen LogP contribution in [-0.4, -0.2) is 23.6 Å². The molecule has 0 spiro atoms. The van der Waals surface area contributed by atoms with E-state index in [2.05, 4.69) is 11.9 Å². The van der Waals surface area contributed by atoms with Gasteiger partial charge in [0.1, 0.15) is 17.2 Å². The molecule has 3 aromatic rings. The monoisotopic (exact) mass is 419 g/mol. The number of benzene rings is 2. The van der Waals surface area contributed by atoms with Gasteiger partial charge in [0.25, 0.3) is 0 Å². The minimum atomic E-state index is -0.994. The molecule has 2 aromatic carbocycles. The summed E-state index contributed by atoms with van der Waals surface area (Å²) in [7, 11) is 0. The minimum Gasteiger partial charge on any atom is -0.490 e. The third-order valence-corrected chi connectivity index (χ3v) is 6.38. The summed E-state index contributed by atoms with van der Waals surface area (Å²) in [4.78, 5) is 25.7. The Morgan fingerprint density at radius 2 is 1.93 bits per heavy atom. The highest BCUT2D eigenvalue weighted by Crippen LogP contribution is 2.49. The number of nitrogens with one attached hydrogen (secondary N) is 1. The summed E-state index contributed by atoms with van der Waals surface area (Å²) in [6.45, 7) is 6.03. The van der Waals surface area contributed by atoms with Crippen LogP contribution in [-0.2, 0) is 4.79 Å². The molecule has 2 N–H and O–H groups in total. The van der Waals surface area contributed by atoms with Gasteiger partial charge in [0.2, 0.25) is 5.91 Å². The van der Waals surface area contributed by atoms with Crippen molar-refractivity contribution >= 4 is 28.9 Å². The lowest BCUT2D eigenvalue weighted by molar-refractivity contribution is -0.116. The van der Waals surface area contributed by atoms with Crippen molar-refractivity contribution in [1.29, 1.82) is 0 Å². The van der Waals surface area contributed by atoms with Crippen LogP contribution in [0.25, 0.3) is 11.1 Å². The van der Waals surface area contributed by atoms with E-state index in [0.29, 0.717) is 17.9 Å². The fourth-order valence-corrected chi connectivity index (χ4v) is 4.90. The maximum absolute atomic E-state index is 12.5. The number of fused-ring (bicyclic) bond motifs is 1. The van der Waals surface area contributed by atoms with E-state index < -0.39 is 5.97 Å². The first-order valence-electron chi connectivity index (χ1n) is 9.58. The minimum absolute atomic E-state index is 0.123. The van der Waals surface area contributed by atoms with Gasteiger partial charge in [-0.05, 0) is 30.2 Å². The van der Waals surface area contributed by atoms with Crippen LogP contribution in [0.1, 0.15) is 38.0 Å². The van der Waals surface area contributed by atoms with E-state index in [1.165, 1.54) is 11.3 Å². The Morgan fingerprint density at radius 3 is 2.57 bits per heavy atom. The number of ether oxygens (including phenoxy) is 1. The molecule has 1 aromatic heterocycles. The zero-order valence-electron chi connectivity index (χ0n) is 16.5. The number of carboxylic acids is 1. The summed E-state index contributed by atoms with van der Waals surface area (Å²) in [6, 6.07) is 15.2. The van der Waals surface area contributed by atoms with Gasteiger partial charge in [-0.3, -0.25) is 4.79 Å². The molecule has 1 aliphatic heterocycles. The van der Waals surface area contributed by atoms with Gasteiger partial charge in [0.05, 0.1) is 5.69 Å². The van der Waals surface area contributed by atoms with Crippen LogP contribution in [0.2, 0.25) is 0 Å². The number of thiophene rings is 1. The second-order valence-electron chi connectivity index (χ2n) is 7.19. The van der Waals surface area contributed by atoms with Gasteiger partial charge < -0.3 is 15.2 Å². The van der Waals surface area contributed by atoms with E-state index in [1.54, 1.807) is 6.08 Å². The Bertz CT molecular complexity index is 1110. The molecule has 0 fully saturated rings. The highest BCUT2D eigenvalue weighted by atomic mass is 32.1. The summed E-state index contributed by atoms with van der Waals surface area (Å²) in [5.41, 5.74) is 4.00. The molecule has 5 nitrogen and oxygen atoms in total. The molecule has 0 unspecified atom stereocenters. The van der Waals surface area contributed by atoms with E-state index in [9.17, 15) is 14.7 Å². The van der Waals surface area contributed by atoms with Crippen molar-refractivity contribution < 1.29 is 19.4 Å². The van der Waals surface area contributed by atoms with Crippen LogP contribution in [0.4, 0.5) is 5.69 Å². The van der Waals surface area contributed by atoms with E-state index in [0.717, 1.165) is 27.3 Å². The zero-order chi connectivity index (χ0) is 21.3. The number of hydrogen-bond donors (Lipinski definition) is 2. The van der Waals surface area contributed by atoms with Gasteiger partial charge in [-0.1, -0.05) is 54.6 Å². The van der Waals surface area contributed by atoms with Crippen LogP contribution in [0.3, 0.4) is 0 Å². The first-order valence-corrected chi connectivity index (χ1v) is 10.4. The largest absolute Gasteiger partial charge is 0.490 e. The number of rotatable bonds is 6. The zero-order valence-corrected chi connectivity index (χ0v) is 17.3. The van der Waals surface area contributed by atoms with Crippen LogP contribution in [0, 0.1) is 6.92 Å². The number of carboxylic acid groups (broad SMARTS) is 1. The molecule has 1 aliphatic rings. The molecule has 0 bridgehead atoms. The van der Waals surface area contributed by atoms with Crippen molar-refractivity contribution in [1.82, 2.24) is 0 Å². The molecule has 30 heavy (non-hydrogen) atoms. The van der Waals surface area contributed by atoms with Crippen molar-refractivity contribution in [2.75, 3.05) is 11.9 Å². The molecule has 1 atom stereocenters. The first-order chi connectivity index (χ1) is 14.5. The van der Waals surface area contributed by atoms with Crippen molar-refractivity contribution in [3.8, 4) is 16.9 Å². The predicted molar refractivity (Wildman–Crippen MR) is 119 cm³/mol. The molecule has 0 aliphatic carbocycles. The van der Waals surface area contributed by atoms with Gasteiger partial charge in [-0.2, -0.15) is 0 Å². The molecule has 152 valence electrons. The fraction of sp³-hybridized carbons (Fsp3) is 0.167. The van der Waals surface area contributed by atoms with Crippen LogP contribution < -0.4 is 10.1 Å². The highest BCUT2D eigenvalue weighted by Gasteiger charge is 2.34. The van der Waals surface area contributed by atoms with Crippen molar-refractivity contribution in [2.45, 2.75) is 19.3 Å². The van der Waals surface area contributed by atoms with Gasteiger partial charge in [-0.25, -0.2) is 4.79 Å². The van der Waals surface area contributed by atoms with Crippen molar-refractivity contribution in [3.05, 3.63) is 82.1 Å². The highest BCUT2D eigenvalue weighted by molar-refractivity contribution is 7.15. The average Bonchev–Trinajstić information content (AvgIpc) is 3.12. The second-order valence-corrected chi connectivity index (χ2v) is 8.24. The Morgan fingerprint density at radius 1 is 1.23 bits per heavy atom. The second kappa shape index (κ2) is 8.16. The van der Waals surface area contributed by atoms with Gasteiger partial charge in [0.15, 0.2) is 0 Å². The number of hydrogen-bond acceptors (Lipinski definition) is 4. The van der Waals surface area contributed by atoms with E-state index in [4.69, 9.17) is 4.74 Å². The number of aromatic carboxylic acids is 1. The Hall–Kier alpha value is -3.38. The molecular formula is C24H21NO4S. The lowest BCUT2D eigenvalue weighted by Gasteiger charge is -2.24. The summed E-state index contributed by atoms with van der Waals surface area (Å²) >= 11 is 1.23. The van der Waals surface area contributed by atoms with Crippen LogP contribution in [0.15, 0.2) is 61.2 Å². The topological polar surface area (TPSA) is 75.6 Å². The number of carbonyl (C=O) groups excluding carboxylic acids is 1. The van der Waals surface area contributed by atoms with E-state index in [1.807, 2.05) is 55.5 Å². The predicted octanol–water partition coefficient (Wildman–Crippen LogP) is 5.46. The first kappa shape index (κ1) is 19.9. The van der Waals surface area contributed by atoms with E-state index >= 15 is 0 Å². The maximum atomic E-state index is 12.5. The van der Waals surface area contributed by atoms with Crippen molar-refractivity contribution in [2.24, 2.45) is 0 Å². The standard InChI is InChI=1S/C24H21NO4S/c1-3-12-29-17-10-8-15(9-11-17)18-13-19(26)25-21-20(16-6-4-14(2)5-7-16)23(24(27)28)30-22(18)21/h3-11,18H,1,12-13H2,2H3,(H,25,26)(H,27,28)/t18-/m0/s1. The quantitative estimate of drug-likeness (QED) is 0.520. The van der Waals surface area contributed by atoms with Gasteiger partial charge in [0, 0.05) is 22.8 Å². The number of amides is 1. The summed E-state index contributed by atoms with van der Waals surface area (Å²) < 4.78 is 5.54. The summed E-state index contributed by atoms with van der Waals surface area (Å²) in [6.07, 6.45) is 1.95. The average molecular weight is 420 g/mol. The molecule has 1 amide bonds. The Balaban J connectivity index is 1.80. The molecule has 0 radical (unpaired) electrons. The van der Waals surface area contributed by atoms with Gasteiger partial charge in [-0.15, -0.1) is 11.3 Å². The Labute approximate surface area is 178 Å². The molecule has 6 heteroatoms. The molecule has 0 saturated carbocycles. The third-order valence-electron chi connectivity index (χ3n) is 5.09.